The van der Waals surface area contributed by atoms with Gasteiger partial charge in [0, 0.05) is 24.0 Å². The number of carbonyl (C=O) groups is 1. The molecule has 3 aromatic rings. The molecule has 0 saturated carbocycles. The van der Waals surface area contributed by atoms with Crippen LogP contribution in [0.4, 0.5) is 4.79 Å². The third-order valence-corrected chi connectivity index (χ3v) is 3.18. The molecule has 0 fully saturated rings. The van der Waals surface area contributed by atoms with Gasteiger partial charge in [-0.2, -0.15) is 0 Å². The minimum absolute atomic E-state index is 0.399. The normalized spacial score (nSPS) is 10.6. The summed E-state index contributed by atoms with van der Waals surface area (Å²) in [5.41, 5.74) is 7.43. The first kappa shape index (κ1) is 12.2. The summed E-state index contributed by atoms with van der Waals surface area (Å²) >= 11 is 0. The number of pyridine rings is 1. The van der Waals surface area contributed by atoms with E-state index in [1.165, 1.54) is 5.01 Å². The van der Waals surface area contributed by atoms with E-state index in [0.29, 0.717) is 6.54 Å². The predicted octanol–water partition coefficient (Wildman–Crippen LogP) is 2.25. The maximum absolute atomic E-state index is 11.8. The van der Waals surface area contributed by atoms with Gasteiger partial charge in [0.25, 0.3) is 0 Å². The van der Waals surface area contributed by atoms with Crippen LogP contribution in [0.5, 0.6) is 0 Å². The molecule has 0 bridgehead atoms. The Bertz CT molecular complexity index is 736. The first-order valence-corrected chi connectivity index (χ1v) is 6.28. The zero-order valence-corrected chi connectivity index (χ0v) is 10.8. The molecule has 0 atom stereocenters. The van der Waals surface area contributed by atoms with Gasteiger partial charge in [-0.05, 0) is 29.8 Å². The highest BCUT2D eigenvalue weighted by Gasteiger charge is 2.14. The molecular formula is C15H14N4O. The lowest BCUT2D eigenvalue weighted by Crippen LogP contribution is -2.43. The fraction of sp³-hybridized carbons (Fsp3) is 0.0667. The van der Waals surface area contributed by atoms with Crippen LogP contribution in [0.3, 0.4) is 0 Å². The molecule has 5 nitrogen and oxygen atoms in total. The largest absolute Gasteiger partial charge is 0.350 e. The number of amides is 2. The number of primary amides is 1. The van der Waals surface area contributed by atoms with Crippen molar-refractivity contribution < 1.29 is 4.79 Å². The predicted molar refractivity (Wildman–Crippen MR) is 77.7 cm³/mol. The monoisotopic (exact) mass is 266 g/mol. The van der Waals surface area contributed by atoms with E-state index >= 15 is 0 Å². The summed E-state index contributed by atoms with van der Waals surface area (Å²) in [5.74, 6) is 0. The van der Waals surface area contributed by atoms with E-state index in [9.17, 15) is 4.79 Å². The van der Waals surface area contributed by atoms with E-state index in [1.54, 1.807) is 17.1 Å². The number of carbonyl (C=O) groups excluding carboxylic acids is 1. The smallest absolute Gasteiger partial charge is 0.334 e. The van der Waals surface area contributed by atoms with E-state index < -0.39 is 6.03 Å². The summed E-state index contributed by atoms with van der Waals surface area (Å²) in [6.45, 7) is 0.399. The third kappa shape index (κ3) is 2.21. The molecule has 2 heterocycles. The number of benzene rings is 1. The maximum atomic E-state index is 11.8. The van der Waals surface area contributed by atoms with Gasteiger partial charge in [-0.1, -0.05) is 18.2 Å². The molecule has 3 rings (SSSR count). The van der Waals surface area contributed by atoms with Gasteiger partial charge >= 0.3 is 6.03 Å². The fourth-order valence-corrected chi connectivity index (χ4v) is 2.20. The number of hydrogen-bond acceptors (Lipinski definition) is 2. The number of urea groups is 1. The van der Waals surface area contributed by atoms with Crippen molar-refractivity contribution in [2.24, 2.45) is 5.73 Å². The lowest BCUT2D eigenvalue weighted by molar-refractivity contribution is 0.248. The average molecular weight is 266 g/mol. The van der Waals surface area contributed by atoms with E-state index in [1.807, 2.05) is 48.7 Å². The van der Waals surface area contributed by atoms with Crippen LogP contribution < -0.4 is 10.7 Å². The zero-order valence-electron chi connectivity index (χ0n) is 10.8. The van der Waals surface area contributed by atoms with Crippen molar-refractivity contribution in [3.63, 3.8) is 0 Å². The second-order valence-electron chi connectivity index (χ2n) is 4.47. The number of nitrogens with two attached hydrogens (primary N) is 1. The molecule has 1 aromatic carbocycles. The maximum Gasteiger partial charge on any atom is 0.334 e. The number of rotatable bonds is 3. The molecule has 0 unspecified atom stereocenters. The van der Waals surface area contributed by atoms with Crippen LogP contribution in [0.2, 0.25) is 0 Å². The standard InChI is InChI=1S/C15H14N4O/c16-15(20)19(11-12-5-8-17-9-6-12)18-10-7-13-3-1-2-4-14(13)18/h1-10H,11H2,(H2,16,20). The Balaban J connectivity index is 2.01. The number of para-hydroxylation sites is 1. The molecule has 2 aromatic heterocycles. The minimum atomic E-state index is -0.497. The van der Waals surface area contributed by atoms with Crippen molar-refractivity contribution in [3.8, 4) is 0 Å². The highest BCUT2D eigenvalue weighted by atomic mass is 16.2. The van der Waals surface area contributed by atoms with Crippen LogP contribution >= 0.6 is 0 Å². The Morgan fingerprint density at radius 2 is 1.90 bits per heavy atom. The quantitative estimate of drug-likeness (QED) is 0.790. The topological polar surface area (TPSA) is 64.2 Å². The number of aromatic nitrogens is 2. The van der Waals surface area contributed by atoms with Gasteiger partial charge in [0.05, 0.1) is 12.1 Å². The van der Waals surface area contributed by atoms with Crippen LogP contribution in [-0.2, 0) is 6.54 Å². The molecule has 0 aliphatic rings. The van der Waals surface area contributed by atoms with E-state index in [-0.39, 0.29) is 0 Å². The Morgan fingerprint density at radius 3 is 2.65 bits per heavy atom. The van der Waals surface area contributed by atoms with Crippen molar-refractivity contribution in [3.05, 3.63) is 66.6 Å². The summed E-state index contributed by atoms with van der Waals surface area (Å²) < 4.78 is 1.78. The van der Waals surface area contributed by atoms with Crippen LogP contribution in [0, 0.1) is 0 Å². The number of fused-ring (bicyclic) bond motifs is 1. The van der Waals surface area contributed by atoms with Crippen LogP contribution in [-0.4, -0.2) is 15.7 Å². The first-order chi connectivity index (χ1) is 9.75. The molecule has 5 heteroatoms. The highest BCUT2D eigenvalue weighted by Crippen LogP contribution is 2.16. The van der Waals surface area contributed by atoms with Crippen molar-refractivity contribution in [1.82, 2.24) is 9.66 Å². The summed E-state index contributed by atoms with van der Waals surface area (Å²) in [4.78, 5) is 15.7. The van der Waals surface area contributed by atoms with Crippen molar-refractivity contribution in [1.29, 1.82) is 0 Å². The molecule has 20 heavy (non-hydrogen) atoms. The van der Waals surface area contributed by atoms with Crippen molar-refractivity contribution in [2.75, 3.05) is 5.01 Å². The van der Waals surface area contributed by atoms with Gasteiger partial charge < -0.3 is 5.73 Å². The number of nitrogens with zero attached hydrogens (tertiary/aromatic N) is 3. The third-order valence-electron chi connectivity index (χ3n) is 3.18. The molecule has 2 N–H and O–H groups in total. The van der Waals surface area contributed by atoms with E-state index in [4.69, 9.17) is 5.73 Å². The SMILES string of the molecule is NC(=O)N(Cc1ccncc1)n1ccc2ccccc21. The van der Waals surface area contributed by atoms with Crippen molar-refractivity contribution in [2.45, 2.75) is 6.54 Å². The van der Waals surface area contributed by atoms with Gasteiger partial charge in [0.2, 0.25) is 0 Å². The fourth-order valence-electron chi connectivity index (χ4n) is 2.20. The zero-order chi connectivity index (χ0) is 13.9. The molecule has 0 radical (unpaired) electrons. The van der Waals surface area contributed by atoms with Crippen LogP contribution in [0.1, 0.15) is 5.56 Å². The summed E-state index contributed by atoms with van der Waals surface area (Å²) in [7, 11) is 0. The highest BCUT2D eigenvalue weighted by molar-refractivity contribution is 5.87. The summed E-state index contributed by atoms with van der Waals surface area (Å²) in [6.07, 6.45) is 5.24. The number of hydrogen-bond donors (Lipinski definition) is 1. The van der Waals surface area contributed by atoms with Gasteiger partial charge in [0.15, 0.2) is 0 Å². The van der Waals surface area contributed by atoms with Gasteiger partial charge in [-0.3, -0.25) is 9.66 Å². The Labute approximate surface area is 116 Å². The first-order valence-electron chi connectivity index (χ1n) is 6.28. The Kier molecular flexibility index (Phi) is 3.09. The lowest BCUT2D eigenvalue weighted by Gasteiger charge is -2.22. The molecule has 100 valence electrons. The average Bonchev–Trinajstić information content (AvgIpc) is 2.89. The van der Waals surface area contributed by atoms with Crippen molar-refractivity contribution >= 4 is 16.9 Å². The van der Waals surface area contributed by atoms with Gasteiger partial charge in [-0.25, -0.2) is 9.80 Å². The molecular weight excluding hydrogens is 252 g/mol. The van der Waals surface area contributed by atoms with E-state index in [0.717, 1.165) is 16.5 Å². The molecule has 2 amide bonds. The molecule has 0 aliphatic carbocycles. The van der Waals surface area contributed by atoms with Gasteiger partial charge in [0.1, 0.15) is 0 Å². The molecule has 0 spiro atoms. The molecule has 0 aliphatic heterocycles. The van der Waals surface area contributed by atoms with Gasteiger partial charge in [-0.15, -0.1) is 0 Å². The van der Waals surface area contributed by atoms with Crippen LogP contribution in [0.25, 0.3) is 10.9 Å². The Hall–Kier alpha value is -2.82. The Morgan fingerprint density at radius 1 is 1.15 bits per heavy atom. The summed E-state index contributed by atoms with van der Waals surface area (Å²) in [5, 5.41) is 2.56. The van der Waals surface area contributed by atoms with E-state index in [2.05, 4.69) is 4.98 Å². The second-order valence-corrected chi connectivity index (χ2v) is 4.47. The second kappa shape index (κ2) is 5.05. The lowest BCUT2D eigenvalue weighted by atomic mass is 10.2. The molecule has 0 saturated heterocycles. The minimum Gasteiger partial charge on any atom is -0.350 e. The summed E-state index contributed by atoms with van der Waals surface area (Å²) in [6, 6.07) is 13.0. The van der Waals surface area contributed by atoms with Crippen LogP contribution in [0.15, 0.2) is 61.1 Å².